The van der Waals surface area contributed by atoms with Gasteiger partial charge in [0.15, 0.2) is 6.10 Å². The maximum Gasteiger partial charge on any atom is 0.418 e. The molecule has 0 aliphatic carbocycles. The molecule has 1 unspecified atom stereocenters. The first-order chi connectivity index (χ1) is 6.80. The summed E-state index contributed by atoms with van der Waals surface area (Å²) in [6, 6.07) is 1.23. The van der Waals surface area contributed by atoms with Crippen LogP contribution in [0, 0.1) is 0 Å². The summed E-state index contributed by atoms with van der Waals surface area (Å²) in [6.07, 6.45) is -4.36. The molecule has 0 saturated heterocycles. The summed E-state index contributed by atoms with van der Waals surface area (Å²) in [4.78, 5) is 0. The number of rotatable bonds is 3. The Balaban J connectivity index is 2.80. The van der Waals surface area contributed by atoms with Crippen LogP contribution in [0.1, 0.15) is 11.7 Å². The molecule has 15 heavy (non-hydrogen) atoms. The van der Waals surface area contributed by atoms with Crippen molar-refractivity contribution in [2.45, 2.75) is 18.8 Å². The number of hydrogen-bond acceptors (Lipinski definition) is 1. The van der Waals surface area contributed by atoms with Gasteiger partial charge in [-0.1, -0.05) is 22.5 Å². The zero-order chi connectivity index (χ0) is 11.6. The van der Waals surface area contributed by atoms with Gasteiger partial charge < -0.3 is 9.67 Å². The molecule has 0 amide bonds. The Morgan fingerprint density at radius 1 is 1.60 bits per heavy atom. The molecule has 0 aliphatic heterocycles. The lowest BCUT2D eigenvalue weighted by Crippen LogP contribution is -2.19. The molecule has 2 nitrogen and oxygen atoms in total. The van der Waals surface area contributed by atoms with Gasteiger partial charge in [0.1, 0.15) is 0 Å². The third-order valence-corrected chi connectivity index (χ3v) is 2.00. The molecule has 1 aromatic rings. The molecule has 0 bridgehead atoms. The second kappa shape index (κ2) is 4.40. The lowest BCUT2D eigenvalue weighted by atomic mass is 10.2. The van der Waals surface area contributed by atoms with Crippen LogP contribution in [-0.2, 0) is 6.54 Å². The van der Waals surface area contributed by atoms with Gasteiger partial charge in [-0.3, -0.25) is 0 Å². The third-order valence-electron chi connectivity index (χ3n) is 1.75. The lowest BCUT2D eigenvalue weighted by Gasteiger charge is -2.12. The van der Waals surface area contributed by atoms with Gasteiger partial charge >= 0.3 is 6.18 Å². The van der Waals surface area contributed by atoms with E-state index in [9.17, 15) is 13.2 Å². The SMILES string of the molecule is C=C(Br)Cn1ccc(C(O)C(F)(F)F)c1. The van der Waals surface area contributed by atoms with E-state index < -0.39 is 12.3 Å². The minimum Gasteiger partial charge on any atom is -0.379 e. The van der Waals surface area contributed by atoms with Crippen molar-refractivity contribution < 1.29 is 18.3 Å². The maximum atomic E-state index is 12.1. The zero-order valence-corrected chi connectivity index (χ0v) is 9.22. The van der Waals surface area contributed by atoms with Crippen LogP contribution in [0.4, 0.5) is 13.2 Å². The number of aliphatic hydroxyl groups is 1. The van der Waals surface area contributed by atoms with Gasteiger partial charge in [-0.15, -0.1) is 0 Å². The summed E-state index contributed by atoms with van der Waals surface area (Å²) in [5.74, 6) is 0. The van der Waals surface area contributed by atoms with Crippen molar-refractivity contribution in [2.24, 2.45) is 0 Å². The van der Waals surface area contributed by atoms with Crippen LogP contribution in [0.15, 0.2) is 29.5 Å². The summed E-state index contributed by atoms with van der Waals surface area (Å²) in [5, 5.41) is 8.93. The van der Waals surface area contributed by atoms with Gasteiger partial charge in [0.05, 0.1) is 6.54 Å². The van der Waals surface area contributed by atoms with Crippen molar-refractivity contribution in [3.05, 3.63) is 35.1 Å². The molecule has 1 N–H and O–H groups in total. The number of halogens is 4. The van der Waals surface area contributed by atoms with Crippen LogP contribution in [0.3, 0.4) is 0 Å². The molecule has 0 spiro atoms. The van der Waals surface area contributed by atoms with Crippen molar-refractivity contribution in [3.63, 3.8) is 0 Å². The van der Waals surface area contributed by atoms with Crippen molar-refractivity contribution in [1.29, 1.82) is 0 Å². The fraction of sp³-hybridized carbons (Fsp3) is 0.333. The van der Waals surface area contributed by atoms with E-state index in [0.29, 0.717) is 11.0 Å². The van der Waals surface area contributed by atoms with Crippen molar-refractivity contribution in [2.75, 3.05) is 0 Å². The highest BCUT2D eigenvalue weighted by molar-refractivity contribution is 9.11. The molecule has 1 rings (SSSR count). The van der Waals surface area contributed by atoms with Gasteiger partial charge in [0.25, 0.3) is 0 Å². The van der Waals surface area contributed by atoms with E-state index >= 15 is 0 Å². The van der Waals surface area contributed by atoms with Crippen molar-refractivity contribution >= 4 is 15.9 Å². The standard InChI is InChI=1S/C9H9BrF3NO/c1-6(10)4-14-3-2-7(5-14)8(15)9(11,12)13/h2-3,5,8,15H,1,4H2. The Morgan fingerprint density at radius 3 is 2.67 bits per heavy atom. The van der Waals surface area contributed by atoms with Gasteiger partial charge in [0.2, 0.25) is 0 Å². The Kier molecular flexibility index (Phi) is 3.62. The van der Waals surface area contributed by atoms with E-state index in [-0.39, 0.29) is 5.56 Å². The number of aromatic nitrogens is 1. The molecule has 0 fully saturated rings. The van der Waals surface area contributed by atoms with Crippen LogP contribution in [0.5, 0.6) is 0 Å². The smallest absolute Gasteiger partial charge is 0.379 e. The average Bonchev–Trinajstić information content (AvgIpc) is 2.48. The van der Waals surface area contributed by atoms with Crippen LogP contribution in [0.25, 0.3) is 0 Å². The van der Waals surface area contributed by atoms with Gasteiger partial charge in [0, 0.05) is 22.4 Å². The summed E-state index contributed by atoms with van der Waals surface area (Å²) in [5.41, 5.74) is -0.170. The summed E-state index contributed by atoms with van der Waals surface area (Å²) < 4.78 is 38.5. The normalized spacial score (nSPS) is 13.9. The highest BCUT2D eigenvalue weighted by Gasteiger charge is 2.39. The lowest BCUT2D eigenvalue weighted by molar-refractivity contribution is -0.206. The first-order valence-corrected chi connectivity index (χ1v) is 4.83. The number of alkyl halides is 3. The quantitative estimate of drug-likeness (QED) is 0.907. The van der Waals surface area contributed by atoms with Gasteiger partial charge in [-0.25, -0.2) is 0 Å². The van der Waals surface area contributed by atoms with E-state index in [1.807, 2.05) is 0 Å². The van der Waals surface area contributed by atoms with E-state index in [0.717, 1.165) is 0 Å². The van der Waals surface area contributed by atoms with Crippen molar-refractivity contribution in [3.8, 4) is 0 Å². The number of hydrogen-bond donors (Lipinski definition) is 1. The fourth-order valence-corrected chi connectivity index (χ4v) is 1.40. The first kappa shape index (κ1) is 12.3. The largest absolute Gasteiger partial charge is 0.418 e. The number of allylic oxidation sites excluding steroid dienone is 1. The molecule has 1 atom stereocenters. The maximum absolute atomic E-state index is 12.1. The summed E-state index contributed by atoms with van der Waals surface area (Å²) in [6.45, 7) is 3.93. The Labute approximate surface area is 93.1 Å². The monoisotopic (exact) mass is 283 g/mol. The first-order valence-electron chi connectivity index (χ1n) is 4.04. The molecule has 0 radical (unpaired) electrons. The molecule has 0 saturated carbocycles. The van der Waals surface area contributed by atoms with Crippen molar-refractivity contribution in [1.82, 2.24) is 4.57 Å². The Bertz CT molecular complexity index is 358. The Hall–Kier alpha value is -0.750. The molecule has 0 aliphatic rings. The van der Waals surface area contributed by atoms with E-state index in [2.05, 4.69) is 22.5 Å². The number of nitrogens with zero attached hydrogens (tertiary/aromatic N) is 1. The average molecular weight is 284 g/mol. The van der Waals surface area contributed by atoms with E-state index in [4.69, 9.17) is 5.11 Å². The van der Waals surface area contributed by atoms with Gasteiger partial charge in [-0.05, 0) is 6.07 Å². The molecule has 1 aromatic heterocycles. The van der Waals surface area contributed by atoms with Gasteiger partial charge in [-0.2, -0.15) is 13.2 Å². The van der Waals surface area contributed by atoms with E-state index in [1.54, 1.807) is 0 Å². The second-order valence-corrected chi connectivity index (χ2v) is 4.20. The molecular weight excluding hydrogens is 275 g/mol. The topological polar surface area (TPSA) is 25.2 Å². The van der Waals surface area contributed by atoms with E-state index in [1.165, 1.54) is 23.0 Å². The number of aliphatic hydroxyl groups excluding tert-OH is 1. The molecule has 84 valence electrons. The summed E-state index contributed by atoms with van der Waals surface area (Å²) >= 11 is 3.10. The zero-order valence-electron chi connectivity index (χ0n) is 7.63. The molecule has 6 heteroatoms. The predicted molar refractivity (Wildman–Crippen MR) is 53.5 cm³/mol. The fourth-order valence-electron chi connectivity index (χ4n) is 1.11. The van der Waals surface area contributed by atoms with Crippen LogP contribution in [-0.4, -0.2) is 15.8 Å². The highest BCUT2D eigenvalue weighted by Crippen LogP contribution is 2.32. The third kappa shape index (κ3) is 3.39. The summed E-state index contributed by atoms with van der Waals surface area (Å²) in [7, 11) is 0. The van der Waals surface area contributed by atoms with Crippen LogP contribution in [0.2, 0.25) is 0 Å². The Morgan fingerprint density at radius 2 is 2.20 bits per heavy atom. The minimum absolute atomic E-state index is 0.170. The van der Waals surface area contributed by atoms with Crippen LogP contribution >= 0.6 is 15.9 Å². The second-order valence-electron chi connectivity index (χ2n) is 3.08. The molecular formula is C9H9BrF3NO. The minimum atomic E-state index is -4.63. The van der Waals surface area contributed by atoms with Crippen LogP contribution < -0.4 is 0 Å². The molecule has 1 heterocycles. The predicted octanol–water partition coefficient (Wildman–Crippen LogP) is 2.99. The molecule has 0 aromatic carbocycles. The highest BCUT2D eigenvalue weighted by atomic mass is 79.9.